The van der Waals surface area contributed by atoms with E-state index in [1.807, 2.05) is 22.8 Å². The van der Waals surface area contributed by atoms with Gasteiger partial charge >= 0.3 is 0 Å². The molecule has 1 aliphatic rings. The second-order valence-corrected chi connectivity index (χ2v) is 6.12. The van der Waals surface area contributed by atoms with Crippen LogP contribution in [0.5, 0.6) is 5.75 Å². The van der Waals surface area contributed by atoms with Crippen LogP contribution in [0.4, 0.5) is 0 Å². The number of para-hydroxylation sites is 1. The maximum absolute atomic E-state index is 6.23. The Bertz CT molecular complexity index is 615. The second-order valence-electron chi connectivity index (χ2n) is 5.78. The van der Waals surface area contributed by atoms with Gasteiger partial charge in [0.15, 0.2) is 0 Å². The summed E-state index contributed by atoms with van der Waals surface area (Å²) in [5.41, 5.74) is 1.02. The molecule has 3 rings (SSSR count). The SMILES string of the molecule is CC(C)(C)c1nnc(Cl)n1C1COc2ccccc21. The fourth-order valence-electron chi connectivity index (χ4n) is 2.42. The first kappa shape index (κ1) is 12.5. The summed E-state index contributed by atoms with van der Waals surface area (Å²) >= 11 is 6.23. The highest BCUT2D eigenvalue weighted by Gasteiger charge is 2.33. The number of hydrogen-bond donors (Lipinski definition) is 0. The molecule has 4 nitrogen and oxygen atoms in total. The van der Waals surface area contributed by atoms with E-state index in [-0.39, 0.29) is 11.5 Å². The summed E-state index contributed by atoms with van der Waals surface area (Å²) < 4.78 is 7.70. The number of aromatic nitrogens is 3. The van der Waals surface area contributed by atoms with Gasteiger partial charge in [0.05, 0.1) is 0 Å². The van der Waals surface area contributed by atoms with E-state index < -0.39 is 0 Å². The molecule has 0 spiro atoms. The third kappa shape index (κ3) is 2.00. The van der Waals surface area contributed by atoms with Crippen molar-refractivity contribution in [3.8, 4) is 5.75 Å². The molecular formula is C14H16ClN3O. The predicted molar refractivity (Wildman–Crippen MR) is 73.8 cm³/mol. The number of benzene rings is 1. The molecule has 2 heterocycles. The molecule has 1 unspecified atom stereocenters. The Hall–Kier alpha value is -1.55. The van der Waals surface area contributed by atoms with Gasteiger partial charge in [-0.1, -0.05) is 39.0 Å². The largest absolute Gasteiger partial charge is 0.491 e. The minimum absolute atomic E-state index is 0.0490. The molecule has 100 valence electrons. The lowest BCUT2D eigenvalue weighted by molar-refractivity contribution is 0.309. The molecule has 1 aliphatic heterocycles. The zero-order chi connectivity index (χ0) is 13.6. The molecule has 0 bridgehead atoms. The van der Waals surface area contributed by atoms with Crippen molar-refractivity contribution in [3.63, 3.8) is 0 Å². The van der Waals surface area contributed by atoms with E-state index in [1.54, 1.807) is 0 Å². The maximum atomic E-state index is 6.23. The molecule has 19 heavy (non-hydrogen) atoms. The second kappa shape index (κ2) is 4.23. The molecule has 0 amide bonds. The fraction of sp³-hybridized carbons (Fsp3) is 0.429. The summed E-state index contributed by atoms with van der Waals surface area (Å²) in [6.45, 7) is 6.88. The van der Waals surface area contributed by atoms with Crippen LogP contribution in [0.2, 0.25) is 5.28 Å². The summed E-state index contributed by atoms with van der Waals surface area (Å²) in [5, 5.41) is 8.67. The van der Waals surface area contributed by atoms with E-state index >= 15 is 0 Å². The van der Waals surface area contributed by atoms with E-state index in [0.717, 1.165) is 17.1 Å². The molecule has 0 fully saturated rings. The monoisotopic (exact) mass is 277 g/mol. The van der Waals surface area contributed by atoms with Crippen molar-refractivity contribution in [1.29, 1.82) is 0 Å². The molecule has 0 aliphatic carbocycles. The fourth-order valence-corrected chi connectivity index (χ4v) is 2.65. The average molecular weight is 278 g/mol. The number of ether oxygens (including phenoxy) is 1. The standard InChI is InChI=1S/C14H16ClN3O/c1-14(2,3)12-16-17-13(15)18(12)10-8-19-11-7-5-4-6-9(10)11/h4-7,10H,8H2,1-3H3. The number of halogens is 1. The molecule has 1 aromatic carbocycles. The molecule has 0 N–H and O–H groups in total. The average Bonchev–Trinajstić information content (AvgIpc) is 2.91. The zero-order valence-electron chi connectivity index (χ0n) is 11.2. The summed E-state index contributed by atoms with van der Waals surface area (Å²) in [6, 6.07) is 8.07. The Balaban J connectivity index is 2.12. The highest BCUT2D eigenvalue weighted by Crippen LogP contribution is 2.38. The van der Waals surface area contributed by atoms with Crippen LogP contribution in [-0.4, -0.2) is 21.4 Å². The van der Waals surface area contributed by atoms with Crippen molar-refractivity contribution >= 4 is 11.6 Å². The maximum Gasteiger partial charge on any atom is 0.225 e. The number of hydrogen-bond acceptors (Lipinski definition) is 3. The Labute approximate surface area is 117 Å². The molecular weight excluding hydrogens is 262 g/mol. The third-order valence-corrected chi connectivity index (χ3v) is 3.57. The van der Waals surface area contributed by atoms with Gasteiger partial charge in [-0.2, -0.15) is 0 Å². The summed E-state index contributed by atoms with van der Waals surface area (Å²) in [6.07, 6.45) is 0. The molecule has 0 saturated heterocycles. The van der Waals surface area contributed by atoms with Gasteiger partial charge in [-0.3, -0.25) is 4.57 Å². The summed E-state index contributed by atoms with van der Waals surface area (Å²) in [4.78, 5) is 0. The summed E-state index contributed by atoms with van der Waals surface area (Å²) in [5.74, 6) is 1.79. The highest BCUT2D eigenvalue weighted by atomic mass is 35.5. The van der Waals surface area contributed by atoms with Gasteiger partial charge in [0.1, 0.15) is 24.2 Å². The first-order valence-electron chi connectivity index (χ1n) is 6.31. The van der Waals surface area contributed by atoms with Crippen molar-refractivity contribution in [2.45, 2.75) is 32.2 Å². The van der Waals surface area contributed by atoms with Gasteiger partial charge in [-0.25, -0.2) is 0 Å². The number of rotatable bonds is 1. The van der Waals surface area contributed by atoms with Crippen LogP contribution in [0, 0.1) is 0 Å². The van der Waals surface area contributed by atoms with Crippen LogP contribution in [0.25, 0.3) is 0 Å². The van der Waals surface area contributed by atoms with E-state index in [4.69, 9.17) is 16.3 Å². The van der Waals surface area contributed by atoms with Gasteiger partial charge in [0.2, 0.25) is 5.28 Å². The van der Waals surface area contributed by atoms with Crippen LogP contribution in [0.15, 0.2) is 24.3 Å². The lowest BCUT2D eigenvalue weighted by Crippen LogP contribution is -2.23. The molecule has 1 atom stereocenters. The molecule has 2 aromatic rings. The highest BCUT2D eigenvalue weighted by molar-refractivity contribution is 6.28. The molecule has 1 aromatic heterocycles. The van der Waals surface area contributed by atoms with E-state index in [1.165, 1.54) is 0 Å². The Morgan fingerprint density at radius 3 is 2.74 bits per heavy atom. The Morgan fingerprint density at radius 1 is 1.26 bits per heavy atom. The van der Waals surface area contributed by atoms with Gasteiger partial charge in [-0.05, 0) is 17.7 Å². The van der Waals surface area contributed by atoms with Crippen LogP contribution in [-0.2, 0) is 5.41 Å². The first-order valence-corrected chi connectivity index (χ1v) is 6.69. The lowest BCUT2D eigenvalue weighted by Gasteiger charge is -2.22. The van der Waals surface area contributed by atoms with Crippen molar-refractivity contribution < 1.29 is 4.74 Å². The van der Waals surface area contributed by atoms with Crippen LogP contribution >= 0.6 is 11.6 Å². The van der Waals surface area contributed by atoms with Crippen molar-refractivity contribution in [3.05, 3.63) is 40.9 Å². The summed E-state index contributed by atoms with van der Waals surface area (Å²) in [7, 11) is 0. The number of nitrogens with zero attached hydrogens (tertiary/aromatic N) is 3. The molecule has 5 heteroatoms. The minimum Gasteiger partial charge on any atom is -0.491 e. The normalized spacial score (nSPS) is 18.2. The van der Waals surface area contributed by atoms with Crippen molar-refractivity contribution in [1.82, 2.24) is 14.8 Å². The smallest absolute Gasteiger partial charge is 0.225 e. The van der Waals surface area contributed by atoms with Crippen LogP contribution < -0.4 is 4.74 Å². The quantitative estimate of drug-likeness (QED) is 0.803. The van der Waals surface area contributed by atoms with E-state index in [0.29, 0.717) is 11.9 Å². The topological polar surface area (TPSA) is 39.9 Å². The van der Waals surface area contributed by atoms with E-state index in [9.17, 15) is 0 Å². The van der Waals surface area contributed by atoms with Gasteiger partial charge < -0.3 is 4.74 Å². The van der Waals surface area contributed by atoms with E-state index in [2.05, 4.69) is 37.0 Å². The molecule has 0 radical (unpaired) electrons. The van der Waals surface area contributed by atoms with Gasteiger partial charge in [-0.15, -0.1) is 10.2 Å². The third-order valence-electron chi connectivity index (χ3n) is 3.31. The van der Waals surface area contributed by atoms with Gasteiger partial charge in [0, 0.05) is 11.0 Å². The van der Waals surface area contributed by atoms with Crippen LogP contribution in [0.3, 0.4) is 0 Å². The minimum atomic E-state index is -0.113. The van der Waals surface area contributed by atoms with Crippen molar-refractivity contribution in [2.24, 2.45) is 0 Å². The van der Waals surface area contributed by atoms with Gasteiger partial charge in [0.25, 0.3) is 0 Å². The predicted octanol–water partition coefficient (Wildman–Crippen LogP) is 3.21. The Kier molecular flexibility index (Phi) is 2.78. The van der Waals surface area contributed by atoms with Crippen molar-refractivity contribution in [2.75, 3.05) is 6.61 Å². The zero-order valence-corrected chi connectivity index (χ0v) is 12.0. The number of fused-ring (bicyclic) bond motifs is 1. The first-order chi connectivity index (χ1) is 8.98. The lowest BCUT2D eigenvalue weighted by atomic mass is 9.95. The molecule has 0 saturated carbocycles. The van der Waals surface area contributed by atoms with Crippen LogP contribution in [0.1, 0.15) is 38.2 Å². The Morgan fingerprint density at radius 2 is 2.00 bits per heavy atom.